The van der Waals surface area contributed by atoms with Gasteiger partial charge in [0.1, 0.15) is 11.3 Å². The van der Waals surface area contributed by atoms with Gasteiger partial charge in [0.05, 0.1) is 12.8 Å². The van der Waals surface area contributed by atoms with Gasteiger partial charge in [-0.25, -0.2) is 4.79 Å². The lowest BCUT2D eigenvalue weighted by atomic mass is 10.0. The first-order valence-electron chi connectivity index (χ1n) is 9.97. The number of carbonyl (C=O) groups excluding carboxylic acids is 2. The van der Waals surface area contributed by atoms with Crippen LogP contribution in [0.25, 0.3) is 11.0 Å². The number of piperidine rings is 1. The number of benzene rings is 1. The van der Waals surface area contributed by atoms with Crippen LogP contribution in [0.1, 0.15) is 44.9 Å². The van der Waals surface area contributed by atoms with Crippen LogP contribution >= 0.6 is 0 Å². The first-order chi connectivity index (χ1) is 14.1. The number of nitrogens with one attached hydrogen (secondary N) is 1. The smallest absolute Gasteiger partial charge is 0.410 e. The van der Waals surface area contributed by atoms with Gasteiger partial charge in [-0.05, 0) is 39.7 Å². The molecule has 0 atom stereocenters. The largest absolute Gasteiger partial charge is 0.481 e. The summed E-state index contributed by atoms with van der Waals surface area (Å²) < 4.78 is 10.7. The van der Waals surface area contributed by atoms with Crippen LogP contribution in [0.3, 0.4) is 0 Å². The Hall–Kier alpha value is -3.10. The summed E-state index contributed by atoms with van der Waals surface area (Å²) in [4.78, 5) is 37.3. The van der Waals surface area contributed by atoms with Crippen LogP contribution in [-0.4, -0.2) is 57.9 Å². The highest BCUT2D eigenvalue weighted by Gasteiger charge is 2.27. The van der Waals surface area contributed by atoms with Gasteiger partial charge in [-0.2, -0.15) is 0 Å². The van der Waals surface area contributed by atoms with Crippen molar-refractivity contribution in [2.24, 2.45) is 0 Å². The maximum Gasteiger partial charge on any atom is 0.410 e. The van der Waals surface area contributed by atoms with Crippen molar-refractivity contribution < 1.29 is 28.8 Å². The first-order valence-corrected chi connectivity index (χ1v) is 9.97. The van der Waals surface area contributed by atoms with Crippen molar-refractivity contribution in [3.8, 4) is 0 Å². The highest BCUT2D eigenvalue weighted by Crippen LogP contribution is 2.23. The van der Waals surface area contributed by atoms with Crippen LogP contribution in [0.2, 0.25) is 0 Å². The van der Waals surface area contributed by atoms with E-state index >= 15 is 0 Å². The minimum atomic E-state index is -0.994. The van der Waals surface area contributed by atoms with E-state index in [0.717, 1.165) is 0 Å². The van der Waals surface area contributed by atoms with Gasteiger partial charge in [0.15, 0.2) is 5.58 Å². The van der Waals surface area contributed by atoms with E-state index < -0.39 is 11.6 Å². The summed E-state index contributed by atoms with van der Waals surface area (Å²) in [7, 11) is 0. The Kier molecular flexibility index (Phi) is 6.28. The van der Waals surface area contributed by atoms with Crippen molar-refractivity contribution >= 4 is 28.9 Å². The molecule has 3 rings (SSSR count). The minimum Gasteiger partial charge on any atom is -0.481 e. The molecule has 0 saturated carbocycles. The summed E-state index contributed by atoms with van der Waals surface area (Å²) in [6, 6.07) is 5.24. The van der Waals surface area contributed by atoms with Crippen LogP contribution in [0.4, 0.5) is 4.79 Å². The van der Waals surface area contributed by atoms with E-state index in [4.69, 9.17) is 14.4 Å². The number of carboxylic acid groups (broad SMARTS) is 1. The number of carboxylic acids is 1. The Balaban J connectivity index is 1.55. The molecule has 0 radical (unpaired) electrons. The fourth-order valence-electron chi connectivity index (χ4n) is 3.46. The SMILES string of the molecule is CC(C)(C)OC(=O)N1CCC(NC(=O)Cc2cccc3c(CC(=O)O)noc23)CC1. The van der Waals surface area contributed by atoms with Crippen LogP contribution in [-0.2, 0) is 27.2 Å². The predicted octanol–water partition coefficient (Wildman–Crippen LogP) is 2.51. The zero-order valence-electron chi connectivity index (χ0n) is 17.4. The van der Waals surface area contributed by atoms with Crippen LogP contribution in [0.5, 0.6) is 0 Å². The lowest BCUT2D eigenvalue weighted by Gasteiger charge is -2.33. The third kappa shape index (κ3) is 5.49. The highest BCUT2D eigenvalue weighted by atomic mass is 16.6. The van der Waals surface area contributed by atoms with Gasteiger partial charge < -0.3 is 24.6 Å². The van der Waals surface area contributed by atoms with Crippen LogP contribution in [0, 0.1) is 0 Å². The summed E-state index contributed by atoms with van der Waals surface area (Å²) in [6.45, 7) is 6.54. The number of aromatic nitrogens is 1. The molecule has 1 aliphatic rings. The highest BCUT2D eigenvalue weighted by molar-refractivity contribution is 5.89. The van der Waals surface area contributed by atoms with Crippen molar-refractivity contribution in [2.45, 2.75) is 58.1 Å². The van der Waals surface area contributed by atoms with Gasteiger partial charge in [0.2, 0.25) is 5.91 Å². The van der Waals surface area contributed by atoms with E-state index in [1.165, 1.54) is 0 Å². The van der Waals surface area contributed by atoms with E-state index in [9.17, 15) is 14.4 Å². The molecule has 1 fully saturated rings. The van der Waals surface area contributed by atoms with Crippen molar-refractivity contribution in [1.82, 2.24) is 15.4 Å². The number of hydrogen-bond acceptors (Lipinski definition) is 6. The van der Waals surface area contributed by atoms with Crippen LogP contribution < -0.4 is 5.32 Å². The van der Waals surface area contributed by atoms with Crippen molar-refractivity contribution in [1.29, 1.82) is 0 Å². The number of rotatable bonds is 5. The van der Waals surface area contributed by atoms with Gasteiger partial charge >= 0.3 is 12.1 Å². The summed E-state index contributed by atoms with van der Waals surface area (Å²) in [5.41, 5.74) is 0.895. The van der Waals surface area contributed by atoms with Gasteiger partial charge in [-0.3, -0.25) is 9.59 Å². The molecule has 2 N–H and O–H groups in total. The lowest BCUT2D eigenvalue weighted by Crippen LogP contribution is -2.48. The maximum absolute atomic E-state index is 12.5. The van der Waals surface area contributed by atoms with E-state index in [1.807, 2.05) is 20.8 Å². The number of nitrogens with zero attached hydrogens (tertiary/aromatic N) is 2. The van der Waals surface area contributed by atoms with E-state index in [2.05, 4.69) is 10.5 Å². The standard InChI is InChI=1S/C21H27N3O6/c1-21(2,3)29-20(28)24-9-7-14(8-10-24)22-17(25)11-13-5-4-6-15-16(12-18(26)27)23-30-19(13)15/h4-6,14H,7-12H2,1-3H3,(H,22,25)(H,26,27). The van der Waals surface area contributed by atoms with Gasteiger partial charge in [-0.1, -0.05) is 17.3 Å². The molecule has 30 heavy (non-hydrogen) atoms. The number of amides is 2. The Bertz CT molecular complexity index is 938. The van der Waals surface area contributed by atoms with Crippen LogP contribution in [0.15, 0.2) is 22.7 Å². The second kappa shape index (κ2) is 8.73. The van der Waals surface area contributed by atoms with Crippen molar-refractivity contribution in [2.75, 3.05) is 13.1 Å². The Labute approximate surface area is 174 Å². The monoisotopic (exact) mass is 417 g/mol. The molecule has 1 saturated heterocycles. The molecular formula is C21H27N3O6. The summed E-state index contributed by atoms with van der Waals surface area (Å²) in [5.74, 6) is -1.15. The number of para-hydroxylation sites is 1. The minimum absolute atomic E-state index is 0.0207. The third-order valence-corrected chi connectivity index (χ3v) is 4.84. The molecule has 0 spiro atoms. The van der Waals surface area contributed by atoms with Gasteiger partial charge in [-0.15, -0.1) is 0 Å². The van der Waals surface area contributed by atoms with E-state index in [0.29, 0.717) is 48.2 Å². The fourth-order valence-corrected chi connectivity index (χ4v) is 3.46. The quantitative estimate of drug-likeness (QED) is 0.766. The molecule has 2 amide bonds. The van der Waals surface area contributed by atoms with Gasteiger partial charge in [0, 0.05) is 30.1 Å². The fraction of sp³-hybridized carbons (Fsp3) is 0.524. The Morgan fingerprint density at radius 2 is 1.93 bits per heavy atom. The molecule has 0 bridgehead atoms. The number of aliphatic carboxylic acids is 1. The topological polar surface area (TPSA) is 122 Å². The van der Waals surface area contributed by atoms with E-state index in [1.54, 1.807) is 23.1 Å². The molecule has 1 aliphatic heterocycles. The first kappa shape index (κ1) is 21.6. The second-order valence-electron chi connectivity index (χ2n) is 8.48. The van der Waals surface area contributed by atoms with Gasteiger partial charge in [0.25, 0.3) is 0 Å². The summed E-state index contributed by atoms with van der Waals surface area (Å²) >= 11 is 0. The molecule has 1 aromatic heterocycles. The number of ether oxygens (including phenoxy) is 1. The Morgan fingerprint density at radius 1 is 1.23 bits per heavy atom. The molecule has 0 aliphatic carbocycles. The number of carbonyl (C=O) groups is 3. The van der Waals surface area contributed by atoms with Crippen molar-refractivity contribution in [3.05, 3.63) is 29.5 Å². The van der Waals surface area contributed by atoms with Crippen molar-refractivity contribution in [3.63, 3.8) is 0 Å². The molecule has 9 nitrogen and oxygen atoms in total. The molecule has 1 aromatic carbocycles. The predicted molar refractivity (Wildman–Crippen MR) is 108 cm³/mol. The molecule has 2 heterocycles. The average molecular weight is 417 g/mol. The molecular weight excluding hydrogens is 390 g/mol. The van der Waals surface area contributed by atoms with E-state index in [-0.39, 0.29) is 30.9 Å². The normalized spacial score (nSPS) is 15.2. The maximum atomic E-state index is 12.5. The molecule has 0 unspecified atom stereocenters. The third-order valence-electron chi connectivity index (χ3n) is 4.84. The zero-order chi connectivity index (χ0) is 21.9. The molecule has 2 aromatic rings. The molecule has 162 valence electrons. The Morgan fingerprint density at radius 3 is 2.57 bits per heavy atom. The molecule has 9 heteroatoms. The lowest BCUT2D eigenvalue weighted by molar-refractivity contribution is -0.136. The summed E-state index contributed by atoms with van der Waals surface area (Å²) in [6.07, 6.45) is 0.839. The zero-order valence-corrected chi connectivity index (χ0v) is 17.4. The number of likely N-dealkylation sites (tertiary alicyclic amines) is 1. The summed E-state index contributed by atoms with van der Waals surface area (Å²) in [5, 5.41) is 16.4. The average Bonchev–Trinajstić information content (AvgIpc) is 3.04. The number of hydrogen-bond donors (Lipinski definition) is 2. The number of fused-ring (bicyclic) bond motifs is 1. The second-order valence-corrected chi connectivity index (χ2v) is 8.48.